The molecule has 3 aromatic rings. The van der Waals surface area contributed by atoms with Gasteiger partial charge in [0.1, 0.15) is 6.07 Å². The van der Waals surface area contributed by atoms with Crippen molar-refractivity contribution in [2.24, 2.45) is 0 Å². The highest BCUT2D eigenvalue weighted by molar-refractivity contribution is 7.06. The van der Waals surface area contributed by atoms with E-state index in [1.165, 1.54) is 0 Å². The Balaban J connectivity index is 2.06. The molecular weight excluding hydrogens is 322 g/mol. The van der Waals surface area contributed by atoms with Gasteiger partial charge in [-0.2, -0.15) is 9.64 Å². The van der Waals surface area contributed by atoms with Gasteiger partial charge in [0.2, 0.25) is 0 Å². The van der Waals surface area contributed by atoms with Crippen molar-refractivity contribution in [3.8, 4) is 17.2 Å². The van der Waals surface area contributed by atoms with E-state index in [0.717, 1.165) is 27.5 Å². The van der Waals surface area contributed by atoms with Crippen LogP contribution in [-0.4, -0.2) is 15.4 Å². The molecule has 1 aromatic heterocycles. The zero-order valence-electron chi connectivity index (χ0n) is 12.8. The van der Waals surface area contributed by atoms with Crippen molar-refractivity contribution in [1.29, 1.82) is 5.26 Å². The number of rotatable bonds is 4. The molecule has 24 heavy (non-hydrogen) atoms. The van der Waals surface area contributed by atoms with Crippen molar-refractivity contribution in [2.45, 2.75) is 6.92 Å². The number of anilines is 2. The van der Waals surface area contributed by atoms with E-state index in [1.807, 2.05) is 42.5 Å². The molecule has 0 spiro atoms. The van der Waals surface area contributed by atoms with Crippen molar-refractivity contribution in [3.63, 3.8) is 0 Å². The molecule has 118 valence electrons. The van der Waals surface area contributed by atoms with E-state index >= 15 is 0 Å². The number of carbonyl (C=O) groups is 1. The summed E-state index contributed by atoms with van der Waals surface area (Å²) in [6.07, 6.45) is 0. The van der Waals surface area contributed by atoms with Gasteiger partial charge in [0.25, 0.3) is 0 Å². The van der Waals surface area contributed by atoms with Crippen molar-refractivity contribution in [3.05, 3.63) is 64.7 Å². The van der Waals surface area contributed by atoms with Crippen LogP contribution in [0.5, 0.6) is 0 Å². The zero-order valence-corrected chi connectivity index (χ0v) is 13.6. The summed E-state index contributed by atoms with van der Waals surface area (Å²) in [6, 6.07) is 17.3. The number of nitriles is 1. The second kappa shape index (κ2) is 6.52. The van der Waals surface area contributed by atoms with E-state index in [-0.39, 0.29) is 5.69 Å². The Bertz CT molecular complexity index is 943. The average Bonchev–Trinajstić information content (AvgIpc) is 2.96. The molecule has 5 nitrogen and oxygen atoms in total. The Morgan fingerprint density at radius 3 is 2.62 bits per heavy atom. The first-order chi connectivity index (χ1) is 11.6. The fourth-order valence-electron chi connectivity index (χ4n) is 2.36. The summed E-state index contributed by atoms with van der Waals surface area (Å²) in [5.74, 6) is -1.10. The van der Waals surface area contributed by atoms with Gasteiger partial charge in [0.05, 0.1) is 16.9 Å². The Labute approximate surface area is 143 Å². The van der Waals surface area contributed by atoms with Gasteiger partial charge >= 0.3 is 5.97 Å². The first kappa shape index (κ1) is 15.7. The van der Waals surface area contributed by atoms with Gasteiger partial charge in [-0.3, -0.25) is 0 Å². The molecule has 0 amide bonds. The highest BCUT2D eigenvalue weighted by atomic mass is 32.1. The van der Waals surface area contributed by atoms with Crippen LogP contribution in [0.1, 0.15) is 20.9 Å². The van der Waals surface area contributed by atoms with Crippen molar-refractivity contribution in [1.82, 2.24) is 4.37 Å². The third-order valence-corrected chi connectivity index (χ3v) is 4.32. The standard InChI is InChI=1S/C18H13N3O2S/c1-11-16(17(18(22)23)21-24-11)20-15-9-13(7-8-14(15)10-19)12-5-3-2-4-6-12/h2-9,20H,1H3,(H,22,23). The fraction of sp³-hybridized carbons (Fsp3) is 0.0556. The molecule has 0 saturated carbocycles. The number of hydrogen-bond acceptors (Lipinski definition) is 5. The number of aromatic carboxylic acids is 1. The van der Waals surface area contributed by atoms with E-state index in [2.05, 4.69) is 15.8 Å². The predicted molar refractivity (Wildman–Crippen MR) is 93.7 cm³/mol. The second-order valence-electron chi connectivity index (χ2n) is 5.13. The van der Waals surface area contributed by atoms with E-state index in [1.54, 1.807) is 13.0 Å². The molecule has 6 heteroatoms. The molecule has 0 radical (unpaired) electrons. The molecule has 0 fully saturated rings. The van der Waals surface area contributed by atoms with Gasteiger partial charge in [-0.1, -0.05) is 36.4 Å². The summed E-state index contributed by atoms with van der Waals surface area (Å²) in [5.41, 5.74) is 3.35. The van der Waals surface area contributed by atoms with Gasteiger partial charge in [-0.15, -0.1) is 0 Å². The molecule has 0 aliphatic carbocycles. The fourth-order valence-corrected chi connectivity index (χ4v) is 2.99. The highest BCUT2D eigenvalue weighted by Crippen LogP contribution is 2.32. The lowest BCUT2D eigenvalue weighted by atomic mass is 10.0. The molecule has 0 bridgehead atoms. The minimum absolute atomic E-state index is 0.0356. The molecular formula is C18H13N3O2S. The van der Waals surface area contributed by atoms with Crippen molar-refractivity contribution < 1.29 is 9.90 Å². The highest BCUT2D eigenvalue weighted by Gasteiger charge is 2.18. The SMILES string of the molecule is Cc1snc(C(=O)O)c1Nc1cc(-c2ccccc2)ccc1C#N. The molecule has 2 N–H and O–H groups in total. The second-order valence-corrected chi connectivity index (χ2v) is 6.11. The summed E-state index contributed by atoms with van der Waals surface area (Å²) in [6.45, 7) is 1.79. The number of nitrogens with zero attached hydrogens (tertiary/aromatic N) is 2. The Morgan fingerprint density at radius 1 is 1.21 bits per heavy atom. The van der Waals surface area contributed by atoms with Crippen LogP contribution in [0, 0.1) is 18.3 Å². The molecule has 0 saturated heterocycles. The first-order valence-corrected chi connectivity index (χ1v) is 7.93. The van der Waals surface area contributed by atoms with E-state index in [4.69, 9.17) is 0 Å². The third kappa shape index (κ3) is 2.98. The van der Waals surface area contributed by atoms with Crippen LogP contribution in [-0.2, 0) is 0 Å². The Kier molecular flexibility index (Phi) is 4.27. The third-order valence-electron chi connectivity index (χ3n) is 3.57. The van der Waals surface area contributed by atoms with Gasteiger partial charge in [0, 0.05) is 4.88 Å². The van der Waals surface area contributed by atoms with Crippen molar-refractivity contribution >= 4 is 28.9 Å². The Hall–Kier alpha value is -3.17. The van der Waals surface area contributed by atoms with Gasteiger partial charge in [-0.05, 0) is 41.7 Å². The normalized spacial score (nSPS) is 10.2. The summed E-state index contributed by atoms with van der Waals surface area (Å²) in [5, 5.41) is 21.7. The van der Waals surface area contributed by atoms with E-state index < -0.39 is 5.97 Å². The Morgan fingerprint density at radius 2 is 1.96 bits per heavy atom. The average molecular weight is 335 g/mol. The molecule has 0 unspecified atom stereocenters. The lowest BCUT2D eigenvalue weighted by molar-refractivity contribution is 0.0693. The summed E-state index contributed by atoms with van der Waals surface area (Å²) in [4.78, 5) is 12.1. The molecule has 2 aromatic carbocycles. The largest absolute Gasteiger partial charge is 0.476 e. The molecule has 1 heterocycles. The van der Waals surface area contributed by atoms with Gasteiger partial charge < -0.3 is 10.4 Å². The monoisotopic (exact) mass is 335 g/mol. The van der Waals surface area contributed by atoms with Crippen LogP contribution < -0.4 is 5.32 Å². The quantitative estimate of drug-likeness (QED) is 0.736. The topological polar surface area (TPSA) is 86.0 Å². The van der Waals surface area contributed by atoms with Crippen LogP contribution in [0.2, 0.25) is 0 Å². The first-order valence-electron chi connectivity index (χ1n) is 7.16. The maximum atomic E-state index is 11.3. The number of hydrogen-bond donors (Lipinski definition) is 2. The van der Waals surface area contributed by atoms with E-state index in [9.17, 15) is 15.2 Å². The minimum atomic E-state index is -1.10. The summed E-state index contributed by atoms with van der Waals surface area (Å²) >= 11 is 1.12. The molecule has 3 rings (SSSR count). The van der Waals surface area contributed by atoms with Crippen molar-refractivity contribution in [2.75, 3.05) is 5.32 Å². The maximum Gasteiger partial charge on any atom is 0.357 e. The smallest absolute Gasteiger partial charge is 0.357 e. The van der Waals surface area contributed by atoms with Gasteiger partial charge in [-0.25, -0.2) is 4.79 Å². The summed E-state index contributed by atoms with van der Waals surface area (Å²) < 4.78 is 3.94. The lowest BCUT2D eigenvalue weighted by Gasteiger charge is -2.11. The maximum absolute atomic E-state index is 11.3. The molecule has 0 aliphatic rings. The van der Waals surface area contributed by atoms with Gasteiger partial charge in [0.15, 0.2) is 5.69 Å². The molecule has 0 atom stereocenters. The number of aromatic nitrogens is 1. The van der Waals surface area contributed by atoms with Crippen LogP contribution in [0.15, 0.2) is 48.5 Å². The van der Waals surface area contributed by atoms with Crippen LogP contribution in [0.25, 0.3) is 11.1 Å². The van der Waals surface area contributed by atoms with Crippen LogP contribution in [0.4, 0.5) is 11.4 Å². The number of carboxylic acids is 1. The van der Waals surface area contributed by atoms with Crippen LogP contribution in [0.3, 0.4) is 0 Å². The number of aryl methyl sites for hydroxylation is 1. The number of nitrogens with one attached hydrogen (secondary N) is 1. The number of benzene rings is 2. The molecule has 0 aliphatic heterocycles. The summed E-state index contributed by atoms with van der Waals surface area (Å²) in [7, 11) is 0. The number of carboxylic acid groups (broad SMARTS) is 1. The lowest BCUT2D eigenvalue weighted by Crippen LogP contribution is -2.03. The minimum Gasteiger partial charge on any atom is -0.476 e. The van der Waals surface area contributed by atoms with Crippen LogP contribution >= 0.6 is 11.5 Å². The zero-order chi connectivity index (χ0) is 17.1. The predicted octanol–water partition coefficient (Wildman–Crippen LogP) is 4.43. The van der Waals surface area contributed by atoms with E-state index in [0.29, 0.717) is 16.9 Å².